The molecule has 0 radical (unpaired) electrons. The van der Waals surface area contributed by atoms with Gasteiger partial charge in [-0.05, 0) is 113 Å². The Labute approximate surface area is 348 Å². The van der Waals surface area contributed by atoms with Crippen molar-refractivity contribution in [3.8, 4) is 77.3 Å². The molecule has 0 aliphatic rings. The van der Waals surface area contributed by atoms with Crippen LogP contribution in [0.15, 0.2) is 224 Å². The summed E-state index contributed by atoms with van der Waals surface area (Å²) in [6.07, 6.45) is 0. The van der Waals surface area contributed by atoms with E-state index in [1.165, 1.54) is 98.6 Å². The minimum Gasteiger partial charge on any atom is -0.236 e. The highest BCUT2D eigenvalue weighted by Crippen LogP contribution is 2.51. The van der Waals surface area contributed by atoms with Crippen molar-refractivity contribution in [3.63, 3.8) is 0 Å². The zero-order valence-electron chi connectivity index (χ0n) is 32.2. The molecular weight excluding hydrogens is 731 g/mol. The lowest BCUT2D eigenvalue weighted by atomic mass is 9.78. The van der Waals surface area contributed by atoms with Crippen LogP contribution >= 0.6 is 11.3 Å². The fourth-order valence-electron chi connectivity index (χ4n) is 8.95. The lowest BCUT2D eigenvalue weighted by Crippen LogP contribution is -1.98. The van der Waals surface area contributed by atoms with E-state index in [0.29, 0.717) is 0 Å². The summed E-state index contributed by atoms with van der Waals surface area (Å²) in [5, 5.41) is 5.90. The lowest BCUT2D eigenvalue weighted by Gasteiger charge is -2.25. The van der Waals surface area contributed by atoms with Gasteiger partial charge in [-0.1, -0.05) is 200 Å². The molecule has 2 heteroatoms. The van der Waals surface area contributed by atoms with Gasteiger partial charge >= 0.3 is 0 Å². The predicted molar refractivity (Wildman–Crippen MR) is 253 cm³/mol. The highest BCUT2D eigenvalue weighted by molar-refractivity contribution is 7.21. The van der Waals surface area contributed by atoms with Gasteiger partial charge in [0.25, 0.3) is 0 Å². The first kappa shape index (κ1) is 34.8. The van der Waals surface area contributed by atoms with Gasteiger partial charge in [0.15, 0.2) is 0 Å². The van der Waals surface area contributed by atoms with Gasteiger partial charge in [-0.3, -0.25) is 0 Å². The Morgan fingerprint density at radius 2 is 0.678 bits per heavy atom. The van der Waals surface area contributed by atoms with E-state index in [1.807, 2.05) is 0 Å². The van der Waals surface area contributed by atoms with E-state index in [-0.39, 0.29) is 0 Å². The maximum atomic E-state index is 5.19. The van der Waals surface area contributed by atoms with Crippen molar-refractivity contribution in [1.82, 2.24) is 4.98 Å². The van der Waals surface area contributed by atoms with Gasteiger partial charge in [-0.15, -0.1) is 11.3 Å². The largest absolute Gasteiger partial charge is 0.236 e. The summed E-state index contributed by atoms with van der Waals surface area (Å²) in [5.41, 5.74) is 16.6. The van der Waals surface area contributed by atoms with E-state index in [9.17, 15) is 0 Å². The van der Waals surface area contributed by atoms with Gasteiger partial charge in [-0.2, -0.15) is 0 Å². The number of fused-ring (bicyclic) bond motifs is 3. The summed E-state index contributed by atoms with van der Waals surface area (Å²) >= 11 is 1.77. The number of aromatic nitrogens is 1. The Morgan fingerprint density at radius 1 is 0.271 bits per heavy atom. The molecule has 0 fully saturated rings. The van der Waals surface area contributed by atoms with E-state index in [0.717, 1.165) is 10.5 Å². The molecule has 0 spiro atoms. The minimum absolute atomic E-state index is 1.04. The number of rotatable bonds is 7. The number of hydrogen-bond donors (Lipinski definition) is 0. The maximum absolute atomic E-state index is 5.19. The average molecular weight is 768 g/mol. The van der Waals surface area contributed by atoms with Gasteiger partial charge in [-0.25, -0.2) is 4.98 Å². The zero-order valence-corrected chi connectivity index (χ0v) is 33.0. The Bertz CT molecular complexity index is 3210. The summed E-state index contributed by atoms with van der Waals surface area (Å²) in [7, 11) is 0. The Hall–Kier alpha value is -7.39. The van der Waals surface area contributed by atoms with Gasteiger partial charge in [0, 0.05) is 5.56 Å². The second kappa shape index (κ2) is 14.8. The van der Waals surface area contributed by atoms with Crippen molar-refractivity contribution in [2.75, 3.05) is 0 Å². The molecule has 10 aromatic carbocycles. The molecule has 276 valence electrons. The van der Waals surface area contributed by atoms with Crippen molar-refractivity contribution in [2.45, 2.75) is 0 Å². The van der Waals surface area contributed by atoms with Crippen LogP contribution in [-0.4, -0.2) is 4.98 Å². The average Bonchev–Trinajstić information content (AvgIpc) is 3.75. The summed E-state index contributed by atoms with van der Waals surface area (Å²) in [5.74, 6) is 0. The van der Waals surface area contributed by atoms with Crippen LogP contribution in [0.5, 0.6) is 0 Å². The molecule has 11 rings (SSSR count). The van der Waals surface area contributed by atoms with Crippen LogP contribution in [0.3, 0.4) is 0 Å². The second-order valence-corrected chi connectivity index (χ2v) is 16.0. The van der Waals surface area contributed by atoms with Crippen molar-refractivity contribution >= 4 is 43.1 Å². The number of hydrogen-bond acceptors (Lipinski definition) is 2. The monoisotopic (exact) mass is 767 g/mol. The maximum Gasteiger partial charge on any atom is 0.125 e. The van der Waals surface area contributed by atoms with Crippen molar-refractivity contribution < 1.29 is 0 Å². The van der Waals surface area contributed by atoms with Gasteiger partial charge in [0.05, 0.1) is 10.2 Å². The number of thiazole rings is 1. The van der Waals surface area contributed by atoms with Crippen molar-refractivity contribution in [2.24, 2.45) is 0 Å². The van der Waals surface area contributed by atoms with Crippen LogP contribution in [0, 0.1) is 0 Å². The molecule has 11 aromatic rings. The molecule has 0 bridgehead atoms. The lowest BCUT2D eigenvalue weighted by molar-refractivity contribution is 1.50. The van der Waals surface area contributed by atoms with Crippen LogP contribution < -0.4 is 0 Å². The molecule has 0 saturated carbocycles. The fourth-order valence-corrected chi connectivity index (χ4v) is 9.99. The molecule has 1 aromatic heterocycles. The van der Waals surface area contributed by atoms with E-state index in [4.69, 9.17) is 4.98 Å². The Kier molecular flexibility index (Phi) is 8.76. The van der Waals surface area contributed by atoms with Crippen molar-refractivity contribution in [3.05, 3.63) is 224 Å². The second-order valence-electron chi connectivity index (χ2n) is 15.0. The van der Waals surface area contributed by atoms with Crippen LogP contribution in [0.25, 0.3) is 109 Å². The third-order valence-electron chi connectivity index (χ3n) is 11.5. The molecular formula is C57H37NS. The topological polar surface area (TPSA) is 12.9 Å². The molecule has 0 N–H and O–H groups in total. The van der Waals surface area contributed by atoms with E-state index < -0.39 is 0 Å². The molecule has 0 amide bonds. The summed E-state index contributed by atoms with van der Waals surface area (Å²) in [6.45, 7) is 0. The summed E-state index contributed by atoms with van der Waals surface area (Å²) in [6, 6.07) is 81.5. The highest BCUT2D eigenvalue weighted by Gasteiger charge is 2.25. The van der Waals surface area contributed by atoms with Gasteiger partial charge in [0.2, 0.25) is 0 Å². The Morgan fingerprint density at radius 3 is 1.22 bits per heavy atom. The number of nitrogens with zero attached hydrogens (tertiary/aromatic N) is 1. The van der Waals surface area contributed by atoms with E-state index >= 15 is 0 Å². The molecule has 1 heterocycles. The molecule has 1 nitrogen and oxygen atoms in total. The quantitative estimate of drug-likeness (QED) is 0.147. The third-order valence-corrected chi connectivity index (χ3v) is 12.6. The highest BCUT2D eigenvalue weighted by atomic mass is 32.1. The van der Waals surface area contributed by atoms with Crippen LogP contribution in [0.2, 0.25) is 0 Å². The summed E-state index contributed by atoms with van der Waals surface area (Å²) in [4.78, 5) is 5.19. The van der Waals surface area contributed by atoms with Crippen LogP contribution in [0.4, 0.5) is 0 Å². The fraction of sp³-hybridized carbons (Fsp3) is 0. The number of para-hydroxylation sites is 1. The van der Waals surface area contributed by atoms with Crippen molar-refractivity contribution in [1.29, 1.82) is 0 Å². The first-order valence-electron chi connectivity index (χ1n) is 20.1. The smallest absolute Gasteiger partial charge is 0.125 e. The Balaban J connectivity index is 1.23. The number of benzene rings is 10. The normalized spacial score (nSPS) is 11.4. The molecule has 0 atom stereocenters. The molecule has 0 aliphatic heterocycles. The molecule has 0 aliphatic carbocycles. The van der Waals surface area contributed by atoms with Gasteiger partial charge in [0.1, 0.15) is 5.01 Å². The third kappa shape index (κ3) is 6.14. The standard InChI is InChI=1S/C57H37NS/c1-5-20-38(21-6-1)48-37-49(54(40-24-9-3-10-25-40)55(41-26-11-4-12-27-41)53(48)39-22-7-2-8-23-39)42-28-19-29-43(36-42)52-44-30-13-15-32-46(44)56(47-33-16-14-31-45(47)52)57-58-50-34-17-18-35-51(50)59-57/h1-37H. The summed E-state index contributed by atoms with van der Waals surface area (Å²) < 4.78 is 1.20. The van der Waals surface area contributed by atoms with Crippen LogP contribution in [0.1, 0.15) is 0 Å². The minimum atomic E-state index is 1.04. The molecule has 0 unspecified atom stereocenters. The zero-order chi connectivity index (χ0) is 39.1. The predicted octanol–water partition coefficient (Wildman–Crippen LogP) is 16.3. The first-order valence-corrected chi connectivity index (χ1v) is 20.9. The van der Waals surface area contributed by atoms with Gasteiger partial charge < -0.3 is 0 Å². The van der Waals surface area contributed by atoms with E-state index in [2.05, 4.69) is 224 Å². The molecule has 0 saturated heterocycles. The molecule has 59 heavy (non-hydrogen) atoms. The first-order chi connectivity index (χ1) is 29.3. The van der Waals surface area contributed by atoms with Crippen LogP contribution in [-0.2, 0) is 0 Å². The SMILES string of the molecule is c1ccc(-c2cc(-c3cccc(-c4c5ccccc5c(-c5nc6ccccc6s5)c5ccccc45)c3)c(-c3ccccc3)c(-c3ccccc3)c2-c2ccccc2)cc1. The van der Waals surface area contributed by atoms with E-state index in [1.54, 1.807) is 11.3 Å².